The van der Waals surface area contributed by atoms with Gasteiger partial charge < -0.3 is 20.3 Å². The van der Waals surface area contributed by atoms with Crippen LogP contribution in [0.25, 0.3) is 0 Å². The van der Waals surface area contributed by atoms with Crippen molar-refractivity contribution in [1.29, 1.82) is 0 Å². The molecule has 2 N–H and O–H groups in total. The highest BCUT2D eigenvalue weighted by molar-refractivity contribution is 5.79. The van der Waals surface area contributed by atoms with E-state index in [0.717, 1.165) is 50.5 Å². The fourth-order valence-corrected chi connectivity index (χ4v) is 2.74. The molecule has 2 heterocycles. The molecule has 3 rings (SSSR count). The lowest BCUT2D eigenvalue weighted by molar-refractivity contribution is 0.0529. The van der Waals surface area contributed by atoms with Crippen LogP contribution in [0.1, 0.15) is 25.3 Å². The molecule has 23 heavy (non-hydrogen) atoms. The van der Waals surface area contributed by atoms with Crippen LogP contribution in [0.5, 0.6) is 0 Å². The van der Waals surface area contributed by atoms with Gasteiger partial charge in [0, 0.05) is 39.4 Å². The van der Waals surface area contributed by atoms with E-state index in [1.165, 1.54) is 18.4 Å². The van der Waals surface area contributed by atoms with Crippen LogP contribution in [0.4, 0.5) is 5.82 Å². The third kappa shape index (κ3) is 4.82. The predicted molar refractivity (Wildman–Crippen MR) is 92.8 cm³/mol. The summed E-state index contributed by atoms with van der Waals surface area (Å²) < 4.78 is 5.60. The number of nitrogens with one attached hydrogen (secondary N) is 2. The minimum Gasteiger partial charge on any atom is -0.375 e. The molecule has 6 heteroatoms. The Labute approximate surface area is 138 Å². The van der Waals surface area contributed by atoms with Crippen molar-refractivity contribution in [1.82, 2.24) is 15.6 Å². The standard InChI is InChI=1S/C17H27N5O/c1-13-12-22(7-8-23-13)16-9-15(5-6-19-16)11-21-17(18-2)20-10-14-3-4-14/h5-6,9,13-14H,3-4,7-8,10-12H2,1-2H3,(H2,18,20,21). The second-order valence-corrected chi connectivity index (χ2v) is 6.40. The van der Waals surface area contributed by atoms with Gasteiger partial charge in [-0.2, -0.15) is 0 Å². The predicted octanol–water partition coefficient (Wildman–Crippen LogP) is 1.38. The van der Waals surface area contributed by atoms with E-state index in [0.29, 0.717) is 0 Å². The zero-order valence-electron chi connectivity index (χ0n) is 14.1. The van der Waals surface area contributed by atoms with Gasteiger partial charge in [0.2, 0.25) is 0 Å². The highest BCUT2D eigenvalue weighted by Gasteiger charge is 2.21. The average Bonchev–Trinajstić information content (AvgIpc) is 3.40. The number of hydrogen-bond donors (Lipinski definition) is 2. The molecular weight excluding hydrogens is 290 g/mol. The van der Waals surface area contributed by atoms with Gasteiger partial charge in [0.1, 0.15) is 5.82 Å². The third-order valence-corrected chi connectivity index (χ3v) is 4.31. The molecule has 1 saturated heterocycles. The summed E-state index contributed by atoms with van der Waals surface area (Å²) >= 11 is 0. The smallest absolute Gasteiger partial charge is 0.191 e. The first-order chi connectivity index (χ1) is 11.2. The van der Waals surface area contributed by atoms with E-state index in [-0.39, 0.29) is 6.10 Å². The Kier molecular flexibility index (Phi) is 5.33. The van der Waals surface area contributed by atoms with E-state index >= 15 is 0 Å². The first-order valence-corrected chi connectivity index (χ1v) is 8.50. The zero-order chi connectivity index (χ0) is 16.1. The van der Waals surface area contributed by atoms with Gasteiger partial charge in [0.05, 0.1) is 12.7 Å². The lowest BCUT2D eigenvalue weighted by atomic mass is 10.2. The molecule has 0 spiro atoms. The lowest BCUT2D eigenvalue weighted by Gasteiger charge is -2.32. The maximum absolute atomic E-state index is 5.60. The van der Waals surface area contributed by atoms with Crippen molar-refractivity contribution < 1.29 is 4.74 Å². The van der Waals surface area contributed by atoms with Crippen molar-refractivity contribution in [2.45, 2.75) is 32.4 Å². The SMILES string of the molecule is CN=C(NCc1ccnc(N2CCOC(C)C2)c1)NCC1CC1. The number of pyridine rings is 1. The maximum Gasteiger partial charge on any atom is 0.191 e. The molecule has 1 aromatic heterocycles. The summed E-state index contributed by atoms with van der Waals surface area (Å²) in [7, 11) is 1.81. The van der Waals surface area contributed by atoms with Crippen LogP contribution in [0, 0.1) is 5.92 Å². The fraction of sp³-hybridized carbons (Fsp3) is 0.647. The summed E-state index contributed by atoms with van der Waals surface area (Å²) in [5, 5.41) is 6.76. The van der Waals surface area contributed by atoms with Gasteiger partial charge in [-0.1, -0.05) is 0 Å². The first-order valence-electron chi connectivity index (χ1n) is 8.50. The topological polar surface area (TPSA) is 61.8 Å². The minimum atomic E-state index is 0.262. The number of aromatic nitrogens is 1. The molecule has 1 saturated carbocycles. The van der Waals surface area contributed by atoms with Crippen LogP contribution in [0.15, 0.2) is 23.3 Å². The van der Waals surface area contributed by atoms with Crippen molar-refractivity contribution in [2.75, 3.05) is 38.2 Å². The summed E-state index contributed by atoms with van der Waals surface area (Å²) in [6.45, 7) is 6.44. The van der Waals surface area contributed by atoms with Gasteiger partial charge >= 0.3 is 0 Å². The quantitative estimate of drug-likeness (QED) is 0.635. The Hall–Kier alpha value is -1.82. The molecule has 0 aromatic carbocycles. The number of rotatable bonds is 5. The molecule has 6 nitrogen and oxygen atoms in total. The van der Waals surface area contributed by atoms with Gasteiger partial charge in [0.15, 0.2) is 5.96 Å². The Bertz CT molecular complexity index is 544. The lowest BCUT2D eigenvalue weighted by Crippen LogP contribution is -2.41. The highest BCUT2D eigenvalue weighted by Crippen LogP contribution is 2.27. The summed E-state index contributed by atoms with van der Waals surface area (Å²) in [6, 6.07) is 4.20. The number of anilines is 1. The van der Waals surface area contributed by atoms with Gasteiger partial charge in [-0.25, -0.2) is 4.98 Å². The molecule has 1 unspecified atom stereocenters. The van der Waals surface area contributed by atoms with Crippen LogP contribution in [-0.4, -0.2) is 50.3 Å². The summed E-state index contributed by atoms with van der Waals surface area (Å²) in [5.74, 6) is 2.74. The van der Waals surface area contributed by atoms with Crippen LogP contribution in [0.2, 0.25) is 0 Å². The second-order valence-electron chi connectivity index (χ2n) is 6.40. The van der Waals surface area contributed by atoms with E-state index < -0.39 is 0 Å². The van der Waals surface area contributed by atoms with Crippen molar-refractivity contribution in [3.63, 3.8) is 0 Å². The number of nitrogens with zero attached hydrogens (tertiary/aromatic N) is 3. The maximum atomic E-state index is 5.60. The average molecular weight is 317 g/mol. The molecule has 0 bridgehead atoms. The minimum absolute atomic E-state index is 0.262. The van der Waals surface area contributed by atoms with Crippen LogP contribution in [-0.2, 0) is 11.3 Å². The van der Waals surface area contributed by atoms with E-state index in [1.54, 1.807) is 0 Å². The Balaban J connectivity index is 1.54. The molecule has 2 fully saturated rings. The van der Waals surface area contributed by atoms with Crippen molar-refractivity contribution in [3.8, 4) is 0 Å². The summed E-state index contributed by atoms with van der Waals surface area (Å²) in [5.41, 5.74) is 1.21. The normalized spacial score (nSPS) is 22.1. The zero-order valence-corrected chi connectivity index (χ0v) is 14.1. The molecule has 1 aliphatic carbocycles. The second kappa shape index (κ2) is 7.64. The molecular formula is C17H27N5O. The third-order valence-electron chi connectivity index (χ3n) is 4.31. The Morgan fingerprint density at radius 2 is 2.30 bits per heavy atom. The van der Waals surface area contributed by atoms with Crippen molar-refractivity contribution in [3.05, 3.63) is 23.9 Å². The van der Waals surface area contributed by atoms with E-state index in [1.807, 2.05) is 13.2 Å². The van der Waals surface area contributed by atoms with Gasteiger partial charge in [-0.05, 0) is 43.4 Å². The molecule has 0 radical (unpaired) electrons. The van der Waals surface area contributed by atoms with E-state index in [4.69, 9.17) is 4.74 Å². The fourth-order valence-electron chi connectivity index (χ4n) is 2.74. The molecule has 0 amide bonds. The number of aliphatic imine (C=N–C) groups is 1. The number of guanidine groups is 1. The van der Waals surface area contributed by atoms with Crippen LogP contribution >= 0.6 is 0 Å². The van der Waals surface area contributed by atoms with Crippen molar-refractivity contribution >= 4 is 11.8 Å². The molecule has 126 valence electrons. The van der Waals surface area contributed by atoms with Gasteiger partial charge in [0.25, 0.3) is 0 Å². The van der Waals surface area contributed by atoms with Crippen LogP contribution < -0.4 is 15.5 Å². The van der Waals surface area contributed by atoms with E-state index in [9.17, 15) is 0 Å². The largest absolute Gasteiger partial charge is 0.375 e. The molecule has 1 aromatic rings. The molecule has 1 atom stereocenters. The van der Waals surface area contributed by atoms with Gasteiger partial charge in [-0.15, -0.1) is 0 Å². The Morgan fingerprint density at radius 3 is 3.04 bits per heavy atom. The number of morpholine rings is 1. The highest BCUT2D eigenvalue weighted by atomic mass is 16.5. The Morgan fingerprint density at radius 1 is 1.43 bits per heavy atom. The summed E-state index contributed by atoms with van der Waals surface area (Å²) in [6.07, 6.45) is 4.83. The summed E-state index contributed by atoms with van der Waals surface area (Å²) in [4.78, 5) is 11.1. The molecule has 2 aliphatic rings. The van der Waals surface area contributed by atoms with E-state index in [2.05, 4.69) is 44.6 Å². The first kappa shape index (κ1) is 16.1. The van der Waals surface area contributed by atoms with Crippen LogP contribution in [0.3, 0.4) is 0 Å². The van der Waals surface area contributed by atoms with Crippen molar-refractivity contribution in [2.24, 2.45) is 10.9 Å². The molecule has 1 aliphatic heterocycles. The number of hydrogen-bond acceptors (Lipinski definition) is 4. The monoisotopic (exact) mass is 317 g/mol. The van der Waals surface area contributed by atoms with Gasteiger partial charge in [-0.3, -0.25) is 4.99 Å². The number of ether oxygens (including phenoxy) is 1.